The molecule has 0 saturated carbocycles. The summed E-state index contributed by atoms with van der Waals surface area (Å²) in [5.74, 6) is 2.13. The van der Waals surface area contributed by atoms with Crippen LogP contribution in [-0.2, 0) is 4.74 Å². The smallest absolute Gasteiger partial charge is 0.319 e. The molecule has 2 unspecified atom stereocenters. The molecule has 246 valence electrons. The normalized spacial score (nSPS) is 19.0. The van der Waals surface area contributed by atoms with Crippen molar-refractivity contribution < 1.29 is 28.5 Å². The first-order valence-electron chi connectivity index (χ1n) is 16.2. The number of amides is 3. The van der Waals surface area contributed by atoms with Crippen molar-refractivity contribution in [2.45, 2.75) is 76.6 Å². The van der Waals surface area contributed by atoms with Crippen LogP contribution in [-0.4, -0.2) is 68.4 Å². The van der Waals surface area contributed by atoms with Crippen LogP contribution in [0.3, 0.4) is 0 Å². The topological polar surface area (TPSA) is 110 Å². The van der Waals surface area contributed by atoms with Crippen molar-refractivity contribution in [1.82, 2.24) is 10.2 Å². The number of anilines is 2. The first-order valence-corrected chi connectivity index (χ1v) is 16.2. The molecule has 2 fully saturated rings. The van der Waals surface area contributed by atoms with Gasteiger partial charge in [-0.25, -0.2) is 4.79 Å². The van der Waals surface area contributed by atoms with E-state index < -0.39 is 0 Å². The molecule has 0 spiro atoms. The lowest BCUT2D eigenvalue weighted by Gasteiger charge is -2.38. The number of nitrogens with zero attached hydrogens (tertiary/aromatic N) is 1. The molecule has 3 aromatic rings. The lowest BCUT2D eigenvalue weighted by molar-refractivity contribution is 0.0331. The van der Waals surface area contributed by atoms with Crippen molar-refractivity contribution >= 4 is 23.3 Å². The van der Waals surface area contributed by atoms with E-state index in [-0.39, 0.29) is 24.1 Å². The molecule has 3 N–H and O–H groups in total. The van der Waals surface area contributed by atoms with E-state index in [2.05, 4.69) is 20.9 Å². The minimum Gasteiger partial charge on any atom is -0.493 e. The number of carbonyl (C=O) groups excluding carboxylic acids is 2. The number of methoxy groups -OCH3 is 2. The molecule has 2 saturated heterocycles. The fourth-order valence-corrected chi connectivity index (χ4v) is 6.37. The van der Waals surface area contributed by atoms with Crippen molar-refractivity contribution in [3.8, 4) is 23.0 Å². The van der Waals surface area contributed by atoms with Crippen molar-refractivity contribution in [3.63, 3.8) is 0 Å². The third kappa shape index (κ3) is 8.50. The molecule has 3 amide bonds. The fourth-order valence-electron chi connectivity index (χ4n) is 6.37. The summed E-state index contributed by atoms with van der Waals surface area (Å²) >= 11 is 0. The number of ether oxygens (including phenoxy) is 4. The van der Waals surface area contributed by atoms with E-state index in [1.165, 1.54) is 12.8 Å². The second kappa shape index (κ2) is 15.8. The monoisotopic (exact) mass is 630 g/mol. The summed E-state index contributed by atoms with van der Waals surface area (Å²) in [6.45, 7) is 5.83. The number of hydrogen-bond acceptors (Lipinski definition) is 7. The van der Waals surface area contributed by atoms with Gasteiger partial charge in [0.1, 0.15) is 17.6 Å². The molecular weight excluding hydrogens is 584 g/mol. The number of urea groups is 1. The Kier molecular flexibility index (Phi) is 11.4. The van der Waals surface area contributed by atoms with Gasteiger partial charge in [0.15, 0.2) is 11.5 Å². The Morgan fingerprint density at radius 1 is 0.826 bits per heavy atom. The summed E-state index contributed by atoms with van der Waals surface area (Å²) in [6, 6.07) is 20.6. The number of hydrogen-bond donors (Lipinski definition) is 3. The van der Waals surface area contributed by atoms with Crippen molar-refractivity contribution in [1.29, 1.82) is 0 Å². The zero-order valence-electron chi connectivity index (χ0n) is 27.2. The molecular formula is C36H46N4O6. The zero-order valence-corrected chi connectivity index (χ0v) is 27.2. The van der Waals surface area contributed by atoms with Crippen LogP contribution < -0.4 is 30.2 Å². The Morgan fingerprint density at radius 2 is 1.48 bits per heavy atom. The average molecular weight is 631 g/mol. The standard InChI is InChI=1S/C36H46N4O6/c1-5-25(6-2)38-36(42)39-27-11-18-33(34(21-27)44-4)46-31-16-9-26(10-17-31)37-35(41)24-7-14-30(15-8-24)45-32-22-28-12-13-29(23-32)40(28)19-20-43-3/h7-11,14-18,21,25,28-29,32H,5-6,12-13,19-20,22-23H2,1-4H3,(H,37,41)(H2,38,39,42). The summed E-state index contributed by atoms with van der Waals surface area (Å²) in [6.07, 6.45) is 6.41. The van der Waals surface area contributed by atoms with E-state index in [1.54, 1.807) is 68.8 Å². The molecule has 2 heterocycles. The molecule has 10 nitrogen and oxygen atoms in total. The molecule has 3 aromatic carbocycles. The van der Waals surface area contributed by atoms with Crippen LogP contribution in [0, 0.1) is 0 Å². The number of rotatable bonds is 14. The van der Waals surface area contributed by atoms with Gasteiger partial charge in [0.2, 0.25) is 0 Å². The molecule has 2 aliphatic rings. The average Bonchev–Trinajstić information content (AvgIpc) is 3.31. The van der Waals surface area contributed by atoms with Crippen molar-refractivity contribution in [2.75, 3.05) is 38.0 Å². The van der Waals surface area contributed by atoms with Gasteiger partial charge in [-0.3, -0.25) is 9.69 Å². The third-order valence-electron chi connectivity index (χ3n) is 8.90. The Balaban J connectivity index is 1.11. The van der Waals surface area contributed by atoms with Crippen LogP contribution in [0.2, 0.25) is 0 Å². The van der Waals surface area contributed by atoms with E-state index in [4.69, 9.17) is 18.9 Å². The summed E-state index contributed by atoms with van der Waals surface area (Å²) < 4.78 is 23.2. The molecule has 46 heavy (non-hydrogen) atoms. The van der Waals surface area contributed by atoms with E-state index in [1.807, 2.05) is 26.0 Å². The highest BCUT2D eigenvalue weighted by Gasteiger charge is 2.41. The molecule has 2 atom stereocenters. The molecule has 2 bridgehead atoms. The van der Waals surface area contributed by atoms with Gasteiger partial charge in [0, 0.05) is 54.8 Å². The first-order chi connectivity index (χ1) is 22.4. The SMILES string of the molecule is CCC(CC)NC(=O)Nc1ccc(Oc2ccc(NC(=O)c3ccc(OC4CC5CCC(C4)N5CCOC)cc3)cc2)c(OC)c1. The highest BCUT2D eigenvalue weighted by atomic mass is 16.5. The van der Waals surface area contributed by atoms with Gasteiger partial charge in [-0.1, -0.05) is 13.8 Å². The highest BCUT2D eigenvalue weighted by Crippen LogP contribution is 2.37. The predicted molar refractivity (Wildman–Crippen MR) is 179 cm³/mol. The maximum Gasteiger partial charge on any atom is 0.319 e. The van der Waals surface area contributed by atoms with Crippen LogP contribution >= 0.6 is 0 Å². The van der Waals surface area contributed by atoms with E-state index >= 15 is 0 Å². The molecule has 0 aromatic heterocycles. The van der Waals surface area contributed by atoms with Gasteiger partial charge in [-0.05, 0) is 99.2 Å². The maximum absolute atomic E-state index is 12.9. The van der Waals surface area contributed by atoms with E-state index in [0.717, 1.165) is 44.6 Å². The van der Waals surface area contributed by atoms with Gasteiger partial charge in [0.25, 0.3) is 5.91 Å². The number of piperidine rings is 1. The van der Waals surface area contributed by atoms with E-state index in [9.17, 15) is 9.59 Å². The second-order valence-corrected chi connectivity index (χ2v) is 11.9. The highest BCUT2D eigenvalue weighted by molar-refractivity contribution is 6.04. The van der Waals surface area contributed by atoms with Crippen LogP contribution in [0.5, 0.6) is 23.0 Å². The van der Waals surface area contributed by atoms with Gasteiger partial charge in [-0.15, -0.1) is 0 Å². The number of fused-ring (bicyclic) bond motifs is 2. The number of carbonyl (C=O) groups is 2. The first kappa shape index (κ1) is 33.1. The Bertz CT molecular complexity index is 1430. The predicted octanol–water partition coefficient (Wildman–Crippen LogP) is 7.07. The van der Waals surface area contributed by atoms with Crippen LogP contribution in [0.1, 0.15) is 62.7 Å². The third-order valence-corrected chi connectivity index (χ3v) is 8.90. The van der Waals surface area contributed by atoms with Crippen LogP contribution in [0.25, 0.3) is 0 Å². The number of nitrogens with one attached hydrogen (secondary N) is 3. The van der Waals surface area contributed by atoms with Crippen LogP contribution in [0.15, 0.2) is 66.7 Å². The quantitative estimate of drug-likeness (QED) is 0.175. The second-order valence-electron chi connectivity index (χ2n) is 11.9. The molecule has 0 aliphatic carbocycles. The van der Waals surface area contributed by atoms with Gasteiger partial charge in [0.05, 0.1) is 13.7 Å². The Hall–Kier alpha value is -4.28. The minimum atomic E-state index is -0.261. The summed E-state index contributed by atoms with van der Waals surface area (Å²) in [7, 11) is 3.30. The molecule has 0 radical (unpaired) electrons. The largest absolute Gasteiger partial charge is 0.493 e. The summed E-state index contributed by atoms with van der Waals surface area (Å²) in [4.78, 5) is 27.9. The zero-order chi connectivity index (χ0) is 32.5. The Labute approximate surface area is 271 Å². The summed E-state index contributed by atoms with van der Waals surface area (Å²) in [5.41, 5.74) is 1.79. The molecule has 10 heteroatoms. The Morgan fingerprint density at radius 3 is 2.11 bits per heavy atom. The van der Waals surface area contributed by atoms with Crippen LogP contribution in [0.4, 0.5) is 16.2 Å². The van der Waals surface area contributed by atoms with Crippen molar-refractivity contribution in [2.24, 2.45) is 0 Å². The van der Waals surface area contributed by atoms with Gasteiger partial charge < -0.3 is 34.9 Å². The lowest BCUT2D eigenvalue weighted by Crippen LogP contribution is -2.47. The van der Waals surface area contributed by atoms with Gasteiger partial charge in [-0.2, -0.15) is 0 Å². The lowest BCUT2D eigenvalue weighted by atomic mass is 9.99. The molecule has 5 rings (SSSR count). The maximum atomic E-state index is 12.9. The molecule has 2 aliphatic heterocycles. The van der Waals surface area contributed by atoms with E-state index in [0.29, 0.717) is 46.3 Å². The summed E-state index contributed by atoms with van der Waals surface area (Å²) in [5, 5.41) is 8.73. The van der Waals surface area contributed by atoms with Gasteiger partial charge >= 0.3 is 6.03 Å². The number of benzene rings is 3. The minimum absolute atomic E-state index is 0.123. The fraction of sp³-hybridized carbons (Fsp3) is 0.444. The van der Waals surface area contributed by atoms with Crippen molar-refractivity contribution in [3.05, 3.63) is 72.3 Å².